The summed E-state index contributed by atoms with van der Waals surface area (Å²) >= 11 is 0. The Morgan fingerprint density at radius 3 is 1.93 bits per heavy atom. The summed E-state index contributed by atoms with van der Waals surface area (Å²) in [7, 11) is 1.64. The summed E-state index contributed by atoms with van der Waals surface area (Å²) < 4.78 is 13.4. The van der Waals surface area contributed by atoms with Gasteiger partial charge >= 0.3 is 0 Å². The SMILES string of the molecule is COc1ccc(CN2C(=O)C(=Cc3cn(C(c4ccccc4)(c4ccccc4)c4ccccc4)cn3)OC[C@H]2C)cc1. The van der Waals surface area contributed by atoms with Crippen LogP contribution < -0.4 is 4.74 Å². The maximum atomic E-state index is 13.6. The highest BCUT2D eigenvalue weighted by molar-refractivity contribution is 5.96. The number of carbonyl (C=O) groups excluding carboxylic acids is 1. The standard InChI is InChI=1S/C36H33N3O3/c1-27-25-42-34(35(40)39(27)23-28-18-20-33(41-2)21-19-28)22-32-24-38(26-37-32)36(29-12-6-3-7-13-29,30-14-8-4-9-15-30)31-16-10-5-11-17-31/h3-22,24,26-27H,23,25H2,1-2H3/t27-/m1/s1. The molecule has 6 nitrogen and oxygen atoms in total. The molecule has 2 heterocycles. The topological polar surface area (TPSA) is 56.6 Å². The van der Waals surface area contributed by atoms with E-state index >= 15 is 0 Å². The van der Waals surface area contributed by atoms with Crippen LogP contribution in [-0.2, 0) is 21.6 Å². The number of rotatable bonds is 8. The normalized spacial score (nSPS) is 16.3. The molecule has 0 unspecified atom stereocenters. The van der Waals surface area contributed by atoms with Crippen molar-refractivity contribution in [1.29, 1.82) is 0 Å². The molecule has 0 N–H and O–H groups in total. The van der Waals surface area contributed by atoms with Gasteiger partial charge in [-0.1, -0.05) is 103 Å². The van der Waals surface area contributed by atoms with E-state index in [9.17, 15) is 4.79 Å². The lowest BCUT2D eigenvalue weighted by Gasteiger charge is -2.37. The highest BCUT2D eigenvalue weighted by atomic mass is 16.5. The van der Waals surface area contributed by atoms with Crippen molar-refractivity contribution < 1.29 is 14.3 Å². The number of carbonyl (C=O) groups is 1. The van der Waals surface area contributed by atoms with E-state index in [-0.39, 0.29) is 17.7 Å². The first-order valence-corrected chi connectivity index (χ1v) is 14.1. The van der Waals surface area contributed by atoms with Crippen LogP contribution in [-0.4, -0.2) is 40.1 Å². The fraction of sp³-hybridized carbons (Fsp3) is 0.167. The molecule has 0 saturated carbocycles. The quantitative estimate of drug-likeness (QED) is 0.162. The van der Waals surface area contributed by atoms with Crippen LogP contribution in [0.4, 0.5) is 0 Å². The number of methoxy groups -OCH3 is 1. The number of benzene rings is 4. The van der Waals surface area contributed by atoms with Crippen LogP contribution in [0.15, 0.2) is 134 Å². The molecule has 0 radical (unpaired) electrons. The van der Waals surface area contributed by atoms with Gasteiger partial charge in [-0.05, 0) is 41.3 Å². The number of morpholine rings is 1. The average molecular weight is 556 g/mol. The van der Waals surface area contributed by atoms with E-state index in [0.717, 1.165) is 28.0 Å². The van der Waals surface area contributed by atoms with Gasteiger partial charge in [0.15, 0.2) is 5.76 Å². The highest BCUT2D eigenvalue weighted by Gasteiger charge is 2.38. The summed E-state index contributed by atoms with van der Waals surface area (Å²) in [6.45, 7) is 2.90. The second-order valence-electron chi connectivity index (χ2n) is 10.5. The highest BCUT2D eigenvalue weighted by Crippen LogP contribution is 2.41. The van der Waals surface area contributed by atoms with Gasteiger partial charge in [0.05, 0.1) is 25.2 Å². The fourth-order valence-corrected chi connectivity index (χ4v) is 5.68. The Kier molecular flexibility index (Phi) is 7.60. The van der Waals surface area contributed by atoms with E-state index in [1.807, 2.05) is 66.8 Å². The zero-order valence-corrected chi connectivity index (χ0v) is 23.8. The smallest absolute Gasteiger partial charge is 0.289 e. The Morgan fingerprint density at radius 2 is 1.40 bits per heavy atom. The second kappa shape index (κ2) is 11.8. The Hall–Kier alpha value is -5.10. The molecule has 1 amide bonds. The van der Waals surface area contributed by atoms with E-state index < -0.39 is 5.54 Å². The Balaban J connectivity index is 1.39. The summed E-state index contributed by atoms with van der Waals surface area (Å²) in [5, 5.41) is 0. The molecule has 6 rings (SSSR count). The number of imidazole rings is 1. The van der Waals surface area contributed by atoms with Crippen molar-refractivity contribution in [3.8, 4) is 5.75 Å². The molecule has 210 valence electrons. The van der Waals surface area contributed by atoms with Gasteiger partial charge in [0, 0.05) is 18.8 Å². The van der Waals surface area contributed by atoms with E-state index in [4.69, 9.17) is 14.5 Å². The number of nitrogens with zero attached hydrogens (tertiary/aromatic N) is 3. The zero-order valence-electron chi connectivity index (χ0n) is 23.8. The number of amides is 1. The molecule has 0 bridgehead atoms. The molecular formula is C36H33N3O3. The predicted molar refractivity (Wildman–Crippen MR) is 164 cm³/mol. The Bertz CT molecular complexity index is 1570. The zero-order chi connectivity index (χ0) is 28.9. The predicted octanol–water partition coefficient (Wildman–Crippen LogP) is 6.52. The monoisotopic (exact) mass is 555 g/mol. The van der Waals surface area contributed by atoms with Crippen LogP contribution in [0.25, 0.3) is 6.08 Å². The van der Waals surface area contributed by atoms with E-state index in [2.05, 4.69) is 77.4 Å². The van der Waals surface area contributed by atoms with Crippen LogP contribution in [0.3, 0.4) is 0 Å². The largest absolute Gasteiger partial charge is 0.497 e. The van der Waals surface area contributed by atoms with Gasteiger partial charge in [-0.15, -0.1) is 0 Å². The minimum atomic E-state index is -0.681. The summed E-state index contributed by atoms with van der Waals surface area (Å²) in [6, 6.07) is 39.0. The molecule has 0 aliphatic carbocycles. The third kappa shape index (κ3) is 5.07. The third-order valence-electron chi connectivity index (χ3n) is 7.84. The first kappa shape index (κ1) is 27.1. The van der Waals surface area contributed by atoms with Crippen molar-refractivity contribution in [2.45, 2.75) is 25.0 Å². The number of ether oxygens (including phenoxy) is 2. The minimum Gasteiger partial charge on any atom is -0.497 e. The van der Waals surface area contributed by atoms with Crippen LogP contribution in [0.1, 0.15) is 34.9 Å². The fourth-order valence-electron chi connectivity index (χ4n) is 5.68. The summed E-state index contributed by atoms with van der Waals surface area (Å²) in [5.41, 5.74) is 4.29. The lowest BCUT2D eigenvalue weighted by molar-refractivity contribution is -0.139. The van der Waals surface area contributed by atoms with Gasteiger partial charge in [0.2, 0.25) is 0 Å². The van der Waals surface area contributed by atoms with Crippen LogP contribution >= 0.6 is 0 Å². The number of hydrogen-bond donors (Lipinski definition) is 0. The lowest BCUT2D eigenvalue weighted by atomic mass is 9.77. The van der Waals surface area contributed by atoms with Crippen molar-refractivity contribution in [3.05, 3.63) is 161 Å². The molecular weight excluding hydrogens is 522 g/mol. The maximum Gasteiger partial charge on any atom is 0.289 e. The van der Waals surface area contributed by atoms with Crippen molar-refractivity contribution in [3.63, 3.8) is 0 Å². The molecule has 1 atom stereocenters. The molecule has 1 aliphatic rings. The van der Waals surface area contributed by atoms with Crippen molar-refractivity contribution in [2.75, 3.05) is 13.7 Å². The molecule has 1 aromatic heterocycles. The van der Waals surface area contributed by atoms with Gasteiger partial charge < -0.3 is 18.9 Å². The second-order valence-corrected chi connectivity index (χ2v) is 10.5. The van der Waals surface area contributed by atoms with Gasteiger partial charge in [0.1, 0.15) is 17.9 Å². The molecule has 42 heavy (non-hydrogen) atoms. The summed E-state index contributed by atoms with van der Waals surface area (Å²) in [6.07, 6.45) is 5.57. The average Bonchev–Trinajstić information content (AvgIpc) is 3.51. The Labute approximate surface area is 246 Å². The summed E-state index contributed by atoms with van der Waals surface area (Å²) in [4.78, 5) is 20.2. The van der Waals surface area contributed by atoms with Gasteiger partial charge in [-0.25, -0.2) is 4.98 Å². The maximum absolute atomic E-state index is 13.6. The molecule has 5 aromatic rings. The molecule has 6 heteroatoms. The molecule has 0 spiro atoms. The van der Waals surface area contributed by atoms with Crippen molar-refractivity contribution in [1.82, 2.24) is 14.5 Å². The minimum absolute atomic E-state index is 0.0591. The van der Waals surface area contributed by atoms with Crippen molar-refractivity contribution >= 4 is 12.0 Å². The number of aromatic nitrogens is 2. The third-order valence-corrected chi connectivity index (χ3v) is 7.84. The van der Waals surface area contributed by atoms with E-state index in [0.29, 0.717) is 18.8 Å². The van der Waals surface area contributed by atoms with Gasteiger partial charge in [-0.2, -0.15) is 0 Å². The van der Waals surface area contributed by atoms with Crippen LogP contribution in [0, 0.1) is 0 Å². The Morgan fingerprint density at radius 1 is 0.857 bits per heavy atom. The molecule has 1 aliphatic heterocycles. The van der Waals surface area contributed by atoms with Gasteiger partial charge in [-0.3, -0.25) is 4.79 Å². The molecule has 1 saturated heterocycles. The number of hydrogen-bond acceptors (Lipinski definition) is 4. The van der Waals surface area contributed by atoms with E-state index in [1.54, 1.807) is 13.2 Å². The van der Waals surface area contributed by atoms with Crippen LogP contribution in [0.2, 0.25) is 0 Å². The first-order chi connectivity index (χ1) is 20.6. The molecule has 4 aromatic carbocycles. The van der Waals surface area contributed by atoms with Crippen LogP contribution in [0.5, 0.6) is 5.75 Å². The van der Waals surface area contributed by atoms with Gasteiger partial charge in [0.25, 0.3) is 5.91 Å². The molecule has 1 fully saturated rings. The lowest BCUT2D eigenvalue weighted by Crippen LogP contribution is -2.46. The van der Waals surface area contributed by atoms with Crippen molar-refractivity contribution in [2.24, 2.45) is 0 Å². The van der Waals surface area contributed by atoms with E-state index in [1.165, 1.54) is 0 Å². The summed E-state index contributed by atoms with van der Waals surface area (Å²) in [5.74, 6) is 0.921. The first-order valence-electron chi connectivity index (χ1n) is 14.1.